The number of sulfone groups is 1. The van der Waals surface area contributed by atoms with E-state index in [1.807, 2.05) is 35.9 Å². The number of benzene rings is 1. The molecule has 8 nitrogen and oxygen atoms in total. The van der Waals surface area contributed by atoms with Crippen LogP contribution in [0.4, 0.5) is 0 Å². The van der Waals surface area contributed by atoms with Gasteiger partial charge in [-0.15, -0.1) is 0 Å². The number of thiazole rings is 1. The third-order valence-electron chi connectivity index (χ3n) is 4.77. The van der Waals surface area contributed by atoms with E-state index in [0.29, 0.717) is 11.2 Å². The van der Waals surface area contributed by atoms with Gasteiger partial charge in [0.15, 0.2) is 14.6 Å². The zero-order valence-electron chi connectivity index (χ0n) is 14.7. The Morgan fingerprint density at radius 3 is 2.78 bits per heavy atom. The lowest BCUT2D eigenvalue weighted by atomic mass is 10.1. The second-order valence-electron chi connectivity index (χ2n) is 6.67. The smallest absolute Gasteiger partial charge is 0.295 e. The van der Waals surface area contributed by atoms with Gasteiger partial charge in [-0.2, -0.15) is 10.1 Å². The molecule has 1 aromatic heterocycles. The quantitative estimate of drug-likeness (QED) is 0.737. The molecule has 2 amide bonds. The molecule has 3 heterocycles. The van der Waals surface area contributed by atoms with Gasteiger partial charge in [0, 0.05) is 19.9 Å². The lowest BCUT2D eigenvalue weighted by Crippen LogP contribution is -2.41. The number of carbonyl (C=O) groups excluding carboxylic acids is 2. The Hall–Kier alpha value is -2.33. The molecular formula is C17H18N4O4S2. The van der Waals surface area contributed by atoms with Gasteiger partial charge in [0.1, 0.15) is 5.71 Å². The summed E-state index contributed by atoms with van der Waals surface area (Å²) < 4.78 is 26.3. The summed E-state index contributed by atoms with van der Waals surface area (Å²) in [5, 5.41) is 5.36. The molecule has 1 aromatic carbocycles. The summed E-state index contributed by atoms with van der Waals surface area (Å²) in [6.07, 6.45) is 0.697. The van der Waals surface area contributed by atoms with Crippen LogP contribution in [0.2, 0.25) is 0 Å². The van der Waals surface area contributed by atoms with Crippen molar-refractivity contribution in [3.05, 3.63) is 29.1 Å². The molecule has 2 aliphatic heterocycles. The Balaban J connectivity index is 1.65. The van der Waals surface area contributed by atoms with Crippen LogP contribution in [0.3, 0.4) is 0 Å². The van der Waals surface area contributed by atoms with Gasteiger partial charge in [-0.1, -0.05) is 23.5 Å². The molecule has 2 aliphatic rings. The predicted octanol–water partition coefficient (Wildman–Crippen LogP) is 0.833. The van der Waals surface area contributed by atoms with Gasteiger partial charge in [0.05, 0.1) is 27.8 Å². The maximum atomic E-state index is 12.6. The fourth-order valence-electron chi connectivity index (χ4n) is 3.32. The highest BCUT2D eigenvalue weighted by molar-refractivity contribution is 7.91. The molecule has 0 radical (unpaired) electrons. The first-order valence-electron chi connectivity index (χ1n) is 8.58. The van der Waals surface area contributed by atoms with Crippen LogP contribution in [0.1, 0.15) is 19.3 Å². The monoisotopic (exact) mass is 406 g/mol. The Labute approximate surface area is 159 Å². The Kier molecular flexibility index (Phi) is 4.47. The van der Waals surface area contributed by atoms with E-state index < -0.39 is 21.8 Å². The number of hydrogen-bond acceptors (Lipinski definition) is 6. The number of para-hydroxylation sites is 1. The van der Waals surface area contributed by atoms with Crippen LogP contribution in [-0.2, 0) is 26.5 Å². The number of rotatable bonds is 2. The molecule has 0 bridgehead atoms. The fraction of sp³-hybridized carbons (Fsp3) is 0.412. The average molecular weight is 406 g/mol. The number of fused-ring (bicyclic) bond motifs is 1. The van der Waals surface area contributed by atoms with E-state index in [0.717, 1.165) is 10.2 Å². The molecule has 1 atom stereocenters. The zero-order valence-corrected chi connectivity index (χ0v) is 16.3. The molecule has 10 heteroatoms. The second kappa shape index (κ2) is 6.68. The van der Waals surface area contributed by atoms with Gasteiger partial charge < -0.3 is 4.57 Å². The van der Waals surface area contributed by atoms with E-state index >= 15 is 0 Å². The first-order chi connectivity index (χ1) is 12.8. The van der Waals surface area contributed by atoms with Crippen molar-refractivity contribution in [2.45, 2.75) is 25.3 Å². The SMILES string of the molecule is Cn1c(=NC(=O)C2=NN([C@H]3CCS(=O)(=O)C3)C(=O)CC2)sc2ccccc21. The molecule has 4 rings (SSSR count). The van der Waals surface area contributed by atoms with Gasteiger partial charge >= 0.3 is 0 Å². The van der Waals surface area contributed by atoms with Crippen molar-refractivity contribution in [1.82, 2.24) is 9.58 Å². The van der Waals surface area contributed by atoms with Crippen molar-refractivity contribution >= 4 is 48.9 Å². The van der Waals surface area contributed by atoms with Crippen molar-refractivity contribution in [2.75, 3.05) is 11.5 Å². The average Bonchev–Trinajstić information content (AvgIpc) is 3.15. The van der Waals surface area contributed by atoms with Crippen LogP contribution in [0.25, 0.3) is 10.2 Å². The van der Waals surface area contributed by atoms with Crippen LogP contribution in [-0.4, -0.2) is 53.1 Å². The van der Waals surface area contributed by atoms with Crippen molar-refractivity contribution in [2.24, 2.45) is 17.1 Å². The number of hydrogen-bond donors (Lipinski definition) is 0. The van der Waals surface area contributed by atoms with Crippen molar-refractivity contribution in [3.8, 4) is 0 Å². The Morgan fingerprint density at radius 2 is 2.07 bits per heavy atom. The minimum atomic E-state index is -3.15. The summed E-state index contributed by atoms with van der Waals surface area (Å²) in [6.45, 7) is 0. The largest absolute Gasteiger partial charge is 0.319 e. The topological polar surface area (TPSA) is 101 Å². The molecule has 2 aromatic rings. The highest BCUT2D eigenvalue weighted by atomic mass is 32.2. The van der Waals surface area contributed by atoms with E-state index in [1.54, 1.807) is 0 Å². The summed E-state index contributed by atoms with van der Waals surface area (Å²) in [7, 11) is -1.31. The molecular weight excluding hydrogens is 388 g/mol. The Morgan fingerprint density at radius 1 is 1.30 bits per heavy atom. The van der Waals surface area contributed by atoms with Crippen LogP contribution in [0, 0.1) is 0 Å². The third-order valence-corrected chi connectivity index (χ3v) is 7.64. The van der Waals surface area contributed by atoms with E-state index in [2.05, 4.69) is 10.1 Å². The molecule has 0 saturated carbocycles. The highest BCUT2D eigenvalue weighted by Gasteiger charge is 2.37. The summed E-state index contributed by atoms with van der Waals surface area (Å²) in [5.41, 5.74) is 1.17. The van der Waals surface area contributed by atoms with Gasteiger partial charge in [-0.25, -0.2) is 13.4 Å². The normalized spacial score (nSPS) is 23.1. The van der Waals surface area contributed by atoms with Gasteiger partial charge in [-0.3, -0.25) is 9.59 Å². The van der Waals surface area contributed by atoms with Crippen LogP contribution < -0.4 is 4.80 Å². The second-order valence-corrected chi connectivity index (χ2v) is 9.91. The van der Waals surface area contributed by atoms with E-state index in [4.69, 9.17) is 0 Å². The van der Waals surface area contributed by atoms with E-state index in [1.165, 1.54) is 16.3 Å². The van der Waals surface area contributed by atoms with Gasteiger partial charge in [-0.05, 0) is 18.6 Å². The lowest BCUT2D eigenvalue weighted by Gasteiger charge is -2.27. The summed E-state index contributed by atoms with van der Waals surface area (Å²) >= 11 is 1.40. The molecule has 1 saturated heterocycles. The number of aryl methyl sites for hydroxylation is 1. The number of aromatic nitrogens is 1. The fourth-order valence-corrected chi connectivity index (χ4v) is 6.03. The van der Waals surface area contributed by atoms with E-state index in [-0.39, 0.29) is 36.0 Å². The molecule has 142 valence electrons. The van der Waals surface area contributed by atoms with Crippen LogP contribution in [0.15, 0.2) is 34.4 Å². The maximum Gasteiger partial charge on any atom is 0.295 e. The van der Waals surface area contributed by atoms with Crippen molar-refractivity contribution < 1.29 is 18.0 Å². The molecule has 0 N–H and O–H groups in total. The lowest BCUT2D eigenvalue weighted by molar-refractivity contribution is -0.133. The number of hydrazone groups is 1. The minimum absolute atomic E-state index is 0.0439. The van der Waals surface area contributed by atoms with Crippen molar-refractivity contribution in [1.29, 1.82) is 0 Å². The van der Waals surface area contributed by atoms with Gasteiger partial charge in [0.2, 0.25) is 5.91 Å². The summed E-state index contributed by atoms with van der Waals surface area (Å²) in [6, 6.07) is 7.27. The molecule has 1 fully saturated rings. The first-order valence-corrected chi connectivity index (χ1v) is 11.2. The molecule has 0 spiro atoms. The van der Waals surface area contributed by atoms with Crippen LogP contribution >= 0.6 is 11.3 Å². The van der Waals surface area contributed by atoms with Crippen LogP contribution in [0.5, 0.6) is 0 Å². The van der Waals surface area contributed by atoms with Gasteiger partial charge in [0.25, 0.3) is 5.91 Å². The predicted molar refractivity (Wildman–Crippen MR) is 102 cm³/mol. The van der Waals surface area contributed by atoms with Crippen molar-refractivity contribution in [3.63, 3.8) is 0 Å². The zero-order chi connectivity index (χ0) is 19.2. The maximum absolute atomic E-state index is 12.6. The number of carbonyl (C=O) groups is 2. The standard InChI is InChI=1S/C17H18N4O4S2/c1-20-13-4-2-3-5-14(13)26-17(20)18-16(23)12-6-7-15(22)21(19-12)11-8-9-27(24,25)10-11/h2-5,11H,6-10H2,1H3/t11-/m0/s1. The Bertz CT molecular complexity index is 1140. The summed E-state index contributed by atoms with van der Waals surface area (Å²) in [5.74, 6) is -0.800. The number of nitrogens with zero attached hydrogens (tertiary/aromatic N) is 4. The molecule has 0 aliphatic carbocycles. The molecule has 27 heavy (non-hydrogen) atoms. The summed E-state index contributed by atoms with van der Waals surface area (Å²) in [4.78, 5) is 29.5. The highest BCUT2D eigenvalue weighted by Crippen LogP contribution is 2.22. The first kappa shape index (κ1) is 18.1. The minimum Gasteiger partial charge on any atom is -0.319 e. The van der Waals surface area contributed by atoms with E-state index in [9.17, 15) is 18.0 Å². The number of amides is 2. The third kappa shape index (κ3) is 3.46. The molecule has 0 unspecified atom stereocenters.